The van der Waals surface area contributed by atoms with Crippen molar-refractivity contribution in [2.75, 3.05) is 0 Å². The highest BCUT2D eigenvalue weighted by Gasteiger charge is 2.46. The summed E-state index contributed by atoms with van der Waals surface area (Å²) in [6, 6.07) is 0. The summed E-state index contributed by atoms with van der Waals surface area (Å²) in [5, 5.41) is 0.219. The molecule has 0 saturated heterocycles. The lowest BCUT2D eigenvalue weighted by Gasteiger charge is -2.44. The van der Waals surface area contributed by atoms with E-state index in [1.54, 1.807) is 0 Å². The van der Waals surface area contributed by atoms with E-state index in [4.69, 9.17) is 4.43 Å². The first-order valence-corrected chi connectivity index (χ1v) is 13.8. The van der Waals surface area contributed by atoms with Gasteiger partial charge in [-0.3, -0.25) is 4.79 Å². The van der Waals surface area contributed by atoms with Gasteiger partial charge in [0, 0.05) is 0 Å². The summed E-state index contributed by atoms with van der Waals surface area (Å²) in [5.74, 6) is -0.112. The van der Waals surface area contributed by atoms with Crippen LogP contribution in [0.5, 0.6) is 0 Å². The molecular formula is C16H37NO2Si2. The number of hydrogen-bond acceptors (Lipinski definition) is 3. The number of nitrogens with one attached hydrogen (secondary N) is 1. The summed E-state index contributed by atoms with van der Waals surface area (Å²) >= 11 is 0. The third-order valence-electron chi connectivity index (χ3n) is 5.16. The van der Waals surface area contributed by atoms with E-state index in [1.165, 1.54) is 0 Å². The molecule has 0 aromatic rings. The fraction of sp³-hybridized carbons (Fsp3) is 0.938. The minimum Gasteiger partial charge on any atom is -0.518 e. The molecule has 0 rings (SSSR count). The average Bonchev–Trinajstić information content (AvgIpc) is 2.10. The third kappa shape index (κ3) is 5.22. The molecule has 0 unspecified atom stereocenters. The normalized spacial score (nSPS) is 15.0. The first-order chi connectivity index (χ1) is 8.83. The van der Waals surface area contributed by atoms with Gasteiger partial charge in [-0.15, -0.1) is 0 Å². The van der Waals surface area contributed by atoms with Crippen LogP contribution in [0.1, 0.15) is 55.4 Å². The predicted octanol–water partition coefficient (Wildman–Crippen LogP) is 4.91. The number of hydrogen-bond donors (Lipinski definition) is 1. The van der Waals surface area contributed by atoms with Gasteiger partial charge in [0.1, 0.15) is 13.8 Å². The molecule has 126 valence electrons. The van der Waals surface area contributed by atoms with Gasteiger partial charge in [-0.25, -0.2) is 0 Å². The first-order valence-electron chi connectivity index (χ1n) is 7.86. The van der Waals surface area contributed by atoms with E-state index in [0.29, 0.717) is 0 Å². The van der Waals surface area contributed by atoms with Gasteiger partial charge in [0.05, 0.1) is 0 Å². The molecule has 0 fully saturated rings. The summed E-state index contributed by atoms with van der Waals surface area (Å²) in [7, 11) is -3.83. The molecule has 0 heterocycles. The SMILES string of the molecule is CC(C)(N[Si](C)(C)C(C)(C)C)C(=O)O[Si](C)(C)C(C)(C)C. The maximum absolute atomic E-state index is 12.7. The van der Waals surface area contributed by atoms with E-state index in [1.807, 2.05) is 13.8 Å². The molecule has 0 atom stereocenters. The second kappa shape index (κ2) is 5.82. The minimum absolute atomic E-state index is 0.0374. The van der Waals surface area contributed by atoms with Gasteiger partial charge in [0.25, 0.3) is 8.32 Å². The van der Waals surface area contributed by atoms with Gasteiger partial charge in [-0.1, -0.05) is 54.6 Å². The van der Waals surface area contributed by atoms with E-state index < -0.39 is 22.1 Å². The number of rotatable bonds is 4. The van der Waals surface area contributed by atoms with Gasteiger partial charge in [-0.05, 0) is 37.0 Å². The lowest BCUT2D eigenvalue weighted by Crippen LogP contribution is -2.64. The van der Waals surface area contributed by atoms with Crippen molar-refractivity contribution in [2.24, 2.45) is 0 Å². The van der Waals surface area contributed by atoms with Crippen molar-refractivity contribution >= 4 is 22.5 Å². The second-order valence-electron chi connectivity index (χ2n) is 9.77. The zero-order chi connectivity index (χ0) is 17.5. The van der Waals surface area contributed by atoms with Gasteiger partial charge >= 0.3 is 5.97 Å². The Hall–Kier alpha value is -0.136. The highest BCUT2D eigenvalue weighted by Crippen LogP contribution is 2.38. The highest BCUT2D eigenvalue weighted by atomic mass is 28.4. The Morgan fingerprint density at radius 1 is 0.810 bits per heavy atom. The van der Waals surface area contributed by atoms with E-state index >= 15 is 0 Å². The van der Waals surface area contributed by atoms with E-state index in [9.17, 15) is 4.79 Å². The van der Waals surface area contributed by atoms with Crippen LogP contribution in [-0.2, 0) is 9.22 Å². The summed E-state index contributed by atoms with van der Waals surface area (Å²) in [6.45, 7) is 25.8. The lowest BCUT2D eigenvalue weighted by atomic mass is 10.1. The second-order valence-corrected chi connectivity index (χ2v) is 19.5. The molecule has 1 N–H and O–H groups in total. The zero-order valence-electron chi connectivity index (χ0n) is 16.3. The Labute approximate surface area is 134 Å². The van der Waals surface area contributed by atoms with Crippen LogP contribution in [0.15, 0.2) is 0 Å². The Morgan fingerprint density at radius 2 is 1.19 bits per heavy atom. The van der Waals surface area contributed by atoms with Crippen molar-refractivity contribution in [2.45, 2.75) is 97.2 Å². The van der Waals surface area contributed by atoms with E-state index in [-0.39, 0.29) is 16.0 Å². The smallest absolute Gasteiger partial charge is 0.311 e. The first kappa shape index (κ1) is 20.9. The van der Waals surface area contributed by atoms with Crippen molar-refractivity contribution in [1.82, 2.24) is 4.98 Å². The summed E-state index contributed by atoms with van der Waals surface area (Å²) < 4.78 is 5.99. The molecule has 0 bridgehead atoms. The Bertz CT molecular complexity index is 388. The molecule has 5 heteroatoms. The van der Waals surface area contributed by atoms with Crippen LogP contribution in [0.3, 0.4) is 0 Å². The average molecular weight is 332 g/mol. The molecule has 0 aromatic carbocycles. The standard InChI is InChI=1S/C16H37NO2Si2/c1-14(2,3)20(9,10)17-16(7,8)13(18)19-21(11,12)15(4,5)6/h17H,1-12H3. The molecule has 3 nitrogen and oxygen atoms in total. The van der Waals surface area contributed by atoms with Crippen molar-refractivity contribution in [3.8, 4) is 0 Å². The Balaban J connectivity index is 5.16. The van der Waals surface area contributed by atoms with Crippen molar-refractivity contribution in [1.29, 1.82) is 0 Å². The molecule has 0 aromatic heterocycles. The molecule has 0 amide bonds. The van der Waals surface area contributed by atoms with Crippen LogP contribution in [0.2, 0.25) is 36.3 Å². The molecule has 0 radical (unpaired) electrons. The zero-order valence-corrected chi connectivity index (χ0v) is 18.3. The van der Waals surface area contributed by atoms with Crippen molar-refractivity contribution in [3.05, 3.63) is 0 Å². The Kier molecular flexibility index (Phi) is 5.78. The minimum atomic E-state index is -2.07. The van der Waals surface area contributed by atoms with Gasteiger partial charge in [0.15, 0.2) is 0 Å². The maximum Gasteiger partial charge on any atom is 0.311 e. The van der Waals surface area contributed by atoms with Crippen molar-refractivity contribution < 1.29 is 9.22 Å². The van der Waals surface area contributed by atoms with Gasteiger partial charge < -0.3 is 9.41 Å². The maximum atomic E-state index is 12.7. The topological polar surface area (TPSA) is 38.3 Å². The van der Waals surface area contributed by atoms with Crippen molar-refractivity contribution in [3.63, 3.8) is 0 Å². The number of carbonyl (C=O) groups is 1. The quantitative estimate of drug-likeness (QED) is 0.744. The van der Waals surface area contributed by atoms with E-state index in [0.717, 1.165) is 0 Å². The molecule has 0 aliphatic carbocycles. The monoisotopic (exact) mass is 331 g/mol. The van der Waals surface area contributed by atoms with E-state index in [2.05, 4.69) is 72.7 Å². The highest BCUT2D eigenvalue weighted by molar-refractivity contribution is 6.78. The molecule has 0 saturated carbocycles. The third-order valence-corrected chi connectivity index (χ3v) is 14.5. The molecular weight excluding hydrogens is 294 g/mol. The van der Waals surface area contributed by atoms with Crippen LogP contribution < -0.4 is 4.98 Å². The molecule has 0 aliphatic heterocycles. The molecule has 0 aliphatic rings. The van der Waals surface area contributed by atoms with Crippen LogP contribution in [0, 0.1) is 0 Å². The largest absolute Gasteiger partial charge is 0.518 e. The Morgan fingerprint density at radius 3 is 1.48 bits per heavy atom. The summed E-state index contributed by atoms with van der Waals surface area (Å²) in [4.78, 5) is 16.3. The van der Waals surface area contributed by atoms with Crippen LogP contribution in [-0.4, -0.2) is 28.1 Å². The molecule has 0 spiro atoms. The molecule has 21 heavy (non-hydrogen) atoms. The summed E-state index contributed by atoms with van der Waals surface area (Å²) in [5.41, 5.74) is -0.640. The van der Waals surface area contributed by atoms with Gasteiger partial charge in [-0.2, -0.15) is 0 Å². The van der Waals surface area contributed by atoms with Crippen LogP contribution >= 0.6 is 0 Å². The summed E-state index contributed by atoms with van der Waals surface area (Å²) in [6.07, 6.45) is 0. The fourth-order valence-corrected chi connectivity index (χ4v) is 4.60. The number of carbonyl (C=O) groups excluding carboxylic acids is 1. The van der Waals surface area contributed by atoms with Gasteiger partial charge in [0.2, 0.25) is 0 Å². The fourth-order valence-electron chi connectivity index (χ4n) is 1.53. The van der Waals surface area contributed by atoms with Crippen LogP contribution in [0.25, 0.3) is 0 Å². The lowest BCUT2D eigenvalue weighted by molar-refractivity contribution is -0.141. The predicted molar refractivity (Wildman–Crippen MR) is 97.7 cm³/mol. The van der Waals surface area contributed by atoms with Crippen LogP contribution in [0.4, 0.5) is 0 Å².